The molecule has 3 rings (SSSR count). The van der Waals surface area contributed by atoms with Crippen molar-refractivity contribution in [3.05, 3.63) is 59.9 Å². The van der Waals surface area contributed by atoms with Crippen LogP contribution in [0.4, 0.5) is 10.1 Å². The fraction of sp³-hybridized carbons (Fsp3) is 0.167. The molecule has 0 N–H and O–H groups in total. The molecule has 23 heavy (non-hydrogen) atoms. The molecule has 4 nitrogen and oxygen atoms in total. The van der Waals surface area contributed by atoms with E-state index in [0.717, 1.165) is 5.56 Å². The van der Waals surface area contributed by atoms with Gasteiger partial charge < -0.3 is 14.4 Å². The first-order valence-electron chi connectivity index (χ1n) is 7.32. The number of hydrogen-bond acceptors (Lipinski definition) is 3. The minimum atomic E-state index is -0.326. The normalized spacial score (nSPS) is 12.6. The van der Waals surface area contributed by atoms with Crippen LogP contribution >= 0.6 is 0 Å². The molecule has 0 fully saturated rings. The fourth-order valence-electron chi connectivity index (χ4n) is 2.36. The van der Waals surface area contributed by atoms with Crippen LogP contribution < -0.4 is 14.4 Å². The predicted molar refractivity (Wildman–Crippen MR) is 86.0 cm³/mol. The van der Waals surface area contributed by atoms with Gasteiger partial charge in [0.15, 0.2) is 11.5 Å². The highest BCUT2D eigenvalue weighted by atomic mass is 19.1. The molecule has 118 valence electrons. The summed E-state index contributed by atoms with van der Waals surface area (Å²) >= 11 is 0. The molecule has 1 aliphatic heterocycles. The lowest BCUT2D eigenvalue weighted by atomic mass is 10.2. The van der Waals surface area contributed by atoms with Crippen molar-refractivity contribution in [2.45, 2.75) is 6.92 Å². The van der Waals surface area contributed by atoms with E-state index in [9.17, 15) is 9.18 Å². The molecule has 0 saturated heterocycles. The second-order valence-electron chi connectivity index (χ2n) is 5.00. The monoisotopic (exact) mass is 313 g/mol. The third kappa shape index (κ3) is 3.34. The number of fused-ring (bicyclic) bond motifs is 1. The van der Waals surface area contributed by atoms with Crippen molar-refractivity contribution >= 4 is 17.7 Å². The minimum absolute atomic E-state index is 0.170. The van der Waals surface area contributed by atoms with Crippen LogP contribution in [0.2, 0.25) is 0 Å². The van der Waals surface area contributed by atoms with Gasteiger partial charge in [0.2, 0.25) is 6.79 Å². The van der Waals surface area contributed by atoms with E-state index < -0.39 is 0 Å². The van der Waals surface area contributed by atoms with Gasteiger partial charge in [-0.1, -0.05) is 6.07 Å². The molecule has 0 aromatic heterocycles. The Kier molecular flexibility index (Phi) is 4.28. The molecule has 0 unspecified atom stereocenters. The van der Waals surface area contributed by atoms with Crippen LogP contribution in [-0.2, 0) is 4.79 Å². The first-order valence-corrected chi connectivity index (χ1v) is 7.32. The Labute approximate surface area is 133 Å². The predicted octanol–water partition coefficient (Wildman–Crippen LogP) is 3.62. The highest BCUT2D eigenvalue weighted by Crippen LogP contribution is 2.32. The smallest absolute Gasteiger partial charge is 0.250 e. The van der Waals surface area contributed by atoms with Crippen LogP contribution in [0.1, 0.15) is 12.5 Å². The number of hydrogen-bond donors (Lipinski definition) is 0. The van der Waals surface area contributed by atoms with Gasteiger partial charge in [-0.15, -0.1) is 0 Å². The summed E-state index contributed by atoms with van der Waals surface area (Å²) in [5.74, 6) is 0.880. The van der Waals surface area contributed by atoms with E-state index in [0.29, 0.717) is 23.7 Å². The summed E-state index contributed by atoms with van der Waals surface area (Å²) < 4.78 is 23.6. The van der Waals surface area contributed by atoms with Crippen LogP contribution in [0.25, 0.3) is 6.08 Å². The molecular formula is C18H16FNO3. The molecule has 0 aliphatic carbocycles. The second-order valence-corrected chi connectivity index (χ2v) is 5.00. The molecular weight excluding hydrogens is 297 g/mol. The second kappa shape index (κ2) is 6.52. The Balaban J connectivity index is 1.75. The Morgan fingerprint density at radius 1 is 1.17 bits per heavy atom. The molecule has 0 radical (unpaired) electrons. The summed E-state index contributed by atoms with van der Waals surface area (Å²) in [6, 6.07) is 11.3. The van der Waals surface area contributed by atoms with Crippen molar-refractivity contribution < 1.29 is 18.7 Å². The largest absolute Gasteiger partial charge is 0.454 e. The zero-order valence-corrected chi connectivity index (χ0v) is 12.7. The Hall–Kier alpha value is -2.82. The van der Waals surface area contributed by atoms with Gasteiger partial charge in [-0.2, -0.15) is 0 Å². The van der Waals surface area contributed by atoms with Gasteiger partial charge >= 0.3 is 0 Å². The van der Waals surface area contributed by atoms with Crippen molar-refractivity contribution in [2.24, 2.45) is 0 Å². The number of nitrogens with zero attached hydrogens (tertiary/aromatic N) is 1. The summed E-state index contributed by atoms with van der Waals surface area (Å²) in [6.07, 6.45) is 3.21. The number of carbonyl (C=O) groups excluding carboxylic acids is 1. The summed E-state index contributed by atoms with van der Waals surface area (Å²) in [4.78, 5) is 13.9. The highest BCUT2D eigenvalue weighted by molar-refractivity contribution is 6.03. The fourth-order valence-corrected chi connectivity index (χ4v) is 2.36. The lowest BCUT2D eigenvalue weighted by Crippen LogP contribution is -2.28. The van der Waals surface area contributed by atoms with E-state index in [1.807, 2.05) is 25.1 Å². The molecule has 1 amide bonds. The first-order chi connectivity index (χ1) is 11.2. The summed E-state index contributed by atoms with van der Waals surface area (Å²) in [7, 11) is 0. The van der Waals surface area contributed by atoms with Crippen LogP contribution in [-0.4, -0.2) is 19.2 Å². The minimum Gasteiger partial charge on any atom is -0.454 e. The maximum atomic E-state index is 13.0. The quantitative estimate of drug-likeness (QED) is 0.809. The van der Waals surface area contributed by atoms with E-state index in [-0.39, 0.29) is 18.5 Å². The average molecular weight is 313 g/mol. The van der Waals surface area contributed by atoms with Gasteiger partial charge in [0, 0.05) is 18.3 Å². The number of ether oxygens (including phenoxy) is 2. The molecule has 1 heterocycles. The molecule has 2 aromatic carbocycles. The van der Waals surface area contributed by atoms with E-state index in [1.54, 1.807) is 23.1 Å². The number of halogens is 1. The SMILES string of the molecule is CCN(C(=O)/C=C/c1ccc2c(c1)OCO2)c1ccc(F)cc1. The maximum absolute atomic E-state index is 13.0. The zero-order valence-electron chi connectivity index (χ0n) is 12.7. The van der Waals surface area contributed by atoms with Gasteiger partial charge in [-0.05, 0) is 55.0 Å². The molecule has 0 bridgehead atoms. The topological polar surface area (TPSA) is 38.8 Å². The lowest BCUT2D eigenvalue weighted by molar-refractivity contribution is -0.114. The summed E-state index contributed by atoms with van der Waals surface area (Å²) in [5.41, 5.74) is 1.51. The number of anilines is 1. The van der Waals surface area contributed by atoms with Crippen molar-refractivity contribution in [1.29, 1.82) is 0 Å². The first kappa shape index (κ1) is 15.1. The molecule has 1 aliphatic rings. The Bertz CT molecular complexity index is 740. The number of carbonyl (C=O) groups is 1. The lowest BCUT2D eigenvalue weighted by Gasteiger charge is -2.19. The molecule has 0 atom stereocenters. The average Bonchev–Trinajstić information content (AvgIpc) is 3.03. The third-order valence-corrected chi connectivity index (χ3v) is 3.54. The van der Waals surface area contributed by atoms with Crippen molar-refractivity contribution in [2.75, 3.05) is 18.2 Å². The third-order valence-electron chi connectivity index (χ3n) is 3.54. The van der Waals surface area contributed by atoms with Gasteiger partial charge in [0.25, 0.3) is 5.91 Å². The van der Waals surface area contributed by atoms with E-state index in [2.05, 4.69) is 0 Å². The van der Waals surface area contributed by atoms with Gasteiger partial charge in [-0.3, -0.25) is 4.79 Å². The molecule has 5 heteroatoms. The van der Waals surface area contributed by atoms with E-state index >= 15 is 0 Å². The van der Waals surface area contributed by atoms with Gasteiger partial charge in [0.1, 0.15) is 5.82 Å². The van der Waals surface area contributed by atoms with Crippen LogP contribution in [0, 0.1) is 5.82 Å². The number of benzene rings is 2. The van der Waals surface area contributed by atoms with E-state index in [4.69, 9.17) is 9.47 Å². The molecule has 2 aromatic rings. The Morgan fingerprint density at radius 2 is 1.91 bits per heavy atom. The van der Waals surface area contributed by atoms with E-state index in [1.165, 1.54) is 18.2 Å². The Morgan fingerprint density at radius 3 is 2.65 bits per heavy atom. The van der Waals surface area contributed by atoms with Crippen molar-refractivity contribution in [3.8, 4) is 11.5 Å². The van der Waals surface area contributed by atoms with Crippen molar-refractivity contribution in [3.63, 3.8) is 0 Å². The zero-order chi connectivity index (χ0) is 16.2. The number of rotatable bonds is 4. The maximum Gasteiger partial charge on any atom is 0.250 e. The highest BCUT2D eigenvalue weighted by Gasteiger charge is 2.13. The number of amides is 1. The van der Waals surface area contributed by atoms with Crippen LogP contribution in [0.3, 0.4) is 0 Å². The number of likely N-dealkylation sites (N-methyl/N-ethyl adjacent to an activating group) is 1. The summed E-state index contributed by atoms with van der Waals surface area (Å²) in [5, 5.41) is 0. The van der Waals surface area contributed by atoms with Gasteiger partial charge in [-0.25, -0.2) is 4.39 Å². The summed E-state index contributed by atoms with van der Waals surface area (Å²) in [6.45, 7) is 2.58. The van der Waals surface area contributed by atoms with Crippen molar-refractivity contribution in [1.82, 2.24) is 0 Å². The van der Waals surface area contributed by atoms with Gasteiger partial charge in [0.05, 0.1) is 0 Å². The molecule has 0 spiro atoms. The molecule has 0 saturated carbocycles. The standard InChI is InChI=1S/C18H16FNO3/c1-2-20(15-7-5-14(19)6-8-15)18(21)10-4-13-3-9-16-17(11-13)23-12-22-16/h3-11H,2,12H2,1H3/b10-4+. The van der Waals surface area contributed by atoms with Crippen LogP contribution in [0.5, 0.6) is 11.5 Å². The van der Waals surface area contributed by atoms with Crippen LogP contribution in [0.15, 0.2) is 48.5 Å².